The molecule has 0 spiro atoms. The SMILES string of the molecule is COc1ccc(NC(=O)c2cc(C)n(-c3ccccc3C(F)(F)F)c2C)cn1. The van der Waals surface area contributed by atoms with Crippen molar-refractivity contribution < 1.29 is 22.7 Å². The summed E-state index contributed by atoms with van der Waals surface area (Å²) in [5.41, 5.74) is 0.884. The minimum Gasteiger partial charge on any atom is -0.481 e. The summed E-state index contributed by atoms with van der Waals surface area (Å²) in [6, 6.07) is 10.1. The van der Waals surface area contributed by atoms with Crippen molar-refractivity contribution in [2.75, 3.05) is 12.4 Å². The van der Waals surface area contributed by atoms with Gasteiger partial charge in [0.1, 0.15) is 0 Å². The molecule has 0 saturated carbocycles. The summed E-state index contributed by atoms with van der Waals surface area (Å²) in [5, 5.41) is 2.69. The average molecular weight is 389 g/mol. The number of halogens is 3. The lowest BCUT2D eigenvalue weighted by atomic mass is 10.1. The molecule has 3 aromatic rings. The number of carbonyl (C=O) groups excluding carboxylic acids is 1. The molecule has 1 N–H and O–H groups in total. The molecule has 2 aromatic heterocycles. The highest BCUT2D eigenvalue weighted by Crippen LogP contribution is 2.35. The van der Waals surface area contributed by atoms with E-state index in [-0.39, 0.29) is 11.3 Å². The molecule has 0 atom stereocenters. The van der Waals surface area contributed by atoms with Crippen molar-refractivity contribution in [1.29, 1.82) is 0 Å². The Morgan fingerprint density at radius 2 is 1.86 bits per heavy atom. The molecule has 0 bridgehead atoms. The number of nitrogens with one attached hydrogen (secondary N) is 1. The molecule has 146 valence electrons. The smallest absolute Gasteiger partial charge is 0.418 e. The molecule has 0 aliphatic heterocycles. The Bertz CT molecular complexity index is 1010. The molecule has 5 nitrogen and oxygen atoms in total. The van der Waals surface area contributed by atoms with Gasteiger partial charge in [-0.05, 0) is 38.1 Å². The van der Waals surface area contributed by atoms with Gasteiger partial charge in [0.2, 0.25) is 5.88 Å². The molecule has 0 aliphatic rings. The maximum atomic E-state index is 13.4. The molecular weight excluding hydrogens is 371 g/mol. The zero-order chi connectivity index (χ0) is 20.5. The van der Waals surface area contributed by atoms with Gasteiger partial charge in [0.05, 0.1) is 35.8 Å². The second kappa shape index (κ2) is 7.38. The fourth-order valence-corrected chi connectivity index (χ4v) is 3.05. The normalized spacial score (nSPS) is 11.4. The number of rotatable bonds is 4. The van der Waals surface area contributed by atoms with Gasteiger partial charge < -0.3 is 14.6 Å². The van der Waals surface area contributed by atoms with Crippen LogP contribution in [0.2, 0.25) is 0 Å². The number of hydrogen-bond acceptors (Lipinski definition) is 3. The number of pyridine rings is 1. The summed E-state index contributed by atoms with van der Waals surface area (Å²) in [7, 11) is 1.48. The van der Waals surface area contributed by atoms with Gasteiger partial charge in [0.15, 0.2) is 0 Å². The highest BCUT2D eigenvalue weighted by molar-refractivity contribution is 6.05. The van der Waals surface area contributed by atoms with Gasteiger partial charge in [-0.2, -0.15) is 13.2 Å². The van der Waals surface area contributed by atoms with Crippen molar-refractivity contribution in [2.45, 2.75) is 20.0 Å². The zero-order valence-corrected chi connectivity index (χ0v) is 15.5. The monoisotopic (exact) mass is 389 g/mol. The van der Waals surface area contributed by atoms with Gasteiger partial charge in [-0.25, -0.2) is 4.98 Å². The third kappa shape index (κ3) is 3.71. The number of aromatic nitrogens is 2. The van der Waals surface area contributed by atoms with E-state index in [0.717, 1.165) is 6.07 Å². The minimum absolute atomic E-state index is 0.0184. The Morgan fingerprint density at radius 1 is 1.14 bits per heavy atom. The van der Waals surface area contributed by atoms with Gasteiger partial charge in [-0.3, -0.25) is 4.79 Å². The number of ether oxygens (including phenoxy) is 1. The highest BCUT2D eigenvalue weighted by atomic mass is 19.4. The van der Waals surface area contributed by atoms with Crippen molar-refractivity contribution in [1.82, 2.24) is 9.55 Å². The van der Waals surface area contributed by atoms with E-state index in [1.807, 2.05) is 0 Å². The van der Waals surface area contributed by atoms with Gasteiger partial charge in [-0.15, -0.1) is 0 Å². The van der Waals surface area contributed by atoms with E-state index in [1.54, 1.807) is 32.0 Å². The van der Waals surface area contributed by atoms with Crippen LogP contribution in [-0.2, 0) is 6.18 Å². The van der Waals surface area contributed by atoms with Crippen LogP contribution in [0.1, 0.15) is 27.3 Å². The maximum absolute atomic E-state index is 13.4. The largest absolute Gasteiger partial charge is 0.481 e. The second-order valence-electron chi connectivity index (χ2n) is 6.18. The van der Waals surface area contributed by atoms with Gasteiger partial charge in [0.25, 0.3) is 5.91 Å². The third-order valence-electron chi connectivity index (χ3n) is 4.33. The number of hydrogen-bond donors (Lipinski definition) is 1. The molecule has 2 heterocycles. The molecule has 1 aromatic carbocycles. The van der Waals surface area contributed by atoms with Crippen LogP contribution in [0.25, 0.3) is 5.69 Å². The Balaban J connectivity index is 1.97. The number of carbonyl (C=O) groups is 1. The van der Waals surface area contributed by atoms with Crippen molar-refractivity contribution in [2.24, 2.45) is 0 Å². The number of amides is 1. The van der Waals surface area contributed by atoms with E-state index in [0.29, 0.717) is 23.0 Å². The van der Waals surface area contributed by atoms with Crippen LogP contribution in [0, 0.1) is 13.8 Å². The maximum Gasteiger partial charge on any atom is 0.418 e. The van der Waals surface area contributed by atoms with Crippen molar-refractivity contribution in [3.05, 3.63) is 71.2 Å². The van der Waals surface area contributed by atoms with E-state index in [2.05, 4.69) is 10.3 Å². The van der Waals surface area contributed by atoms with Crippen LogP contribution in [0.4, 0.5) is 18.9 Å². The Labute approximate surface area is 159 Å². The second-order valence-corrected chi connectivity index (χ2v) is 6.18. The summed E-state index contributed by atoms with van der Waals surface area (Å²) < 4.78 is 46.6. The number of aryl methyl sites for hydroxylation is 1. The summed E-state index contributed by atoms with van der Waals surface area (Å²) in [6.45, 7) is 3.27. The van der Waals surface area contributed by atoms with Crippen LogP contribution < -0.4 is 10.1 Å². The van der Waals surface area contributed by atoms with Crippen molar-refractivity contribution >= 4 is 11.6 Å². The van der Waals surface area contributed by atoms with Crippen LogP contribution in [0.5, 0.6) is 5.88 Å². The fourth-order valence-electron chi connectivity index (χ4n) is 3.05. The number of anilines is 1. The van der Waals surface area contributed by atoms with Crippen molar-refractivity contribution in [3.63, 3.8) is 0 Å². The predicted octanol–water partition coefficient (Wildman–Crippen LogP) is 4.77. The lowest BCUT2D eigenvalue weighted by molar-refractivity contribution is -0.137. The first kappa shape index (κ1) is 19.5. The van der Waals surface area contributed by atoms with E-state index >= 15 is 0 Å². The van der Waals surface area contributed by atoms with E-state index < -0.39 is 17.6 Å². The van der Waals surface area contributed by atoms with Crippen LogP contribution in [0.15, 0.2) is 48.7 Å². The zero-order valence-electron chi connectivity index (χ0n) is 15.5. The highest BCUT2D eigenvalue weighted by Gasteiger charge is 2.34. The molecule has 28 heavy (non-hydrogen) atoms. The van der Waals surface area contributed by atoms with Crippen molar-refractivity contribution in [3.8, 4) is 11.6 Å². The first-order valence-corrected chi connectivity index (χ1v) is 8.39. The lowest BCUT2D eigenvalue weighted by Crippen LogP contribution is -2.15. The molecule has 0 aliphatic carbocycles. The van der Waals surface area contributed by atoms with Gasteiger partial charge >= 0.3 is 6.18 Å². The fraction of sp³-hybridized carbons (Fsp3) is 0.200. The lowest BCUT2D eigenvalue weighted by Gasteiger charge is -2.16. The first-order valence-electron chi connectivity index (χ1n) is 8.39. The van der Waals surface area contributed by atoms with E-state index in [1.165, 1.54) is 36.1 Å². The standard InChI is InChI=1S/C20H18F3N3O2/c1-12-10-15(19(27)25-14-8-9-18(28-3)24-11-14)13(2)26(12)17-7-5-4-6-16(17)20(21,22)23/h4-11H,1-3H3,(H,25,27). The van der Waals surface area contributed by atoms with Gasteiger partial charge in [0, 0.05) is 17.5 Å². The number of nitrogens with zero attached hydrogens (tertiary/aromatic N) is 2. The van der Waals surface area contributed by atoms with Gasteiger partial charge in [-0.1, -0.05) is 12.1 Å². The summed E-state index contributed by atoms with van der Waals surface area (Å²) in [4.78, 5) is 16.7. The molecule has 0 radical (unpaired) electrons. The minimum atomic E-state index is -4.50. The topological polar surface area (TPSA) is 56.1 Å². The summed E-state index contributed by atoms with van der Waals surface area (Å²) in [6.07, 6.45) is -3.06. The molecule has 0 saturated heterocycles. The summed E-state index contributed by atoms with van der Waals surface area (Å²) in [5.74, 6) is -0.0317. The number of alkyl halides is 3. The molecule has 1 amide bonds. The van der Waals surface area contributed by atoms with Crippen LogP contribution in [0.3, 0.4) is 0 Å². The Hall–Kier alpha value is -3.29. The molecule has 3 rings (SSSR count). The molecular formula is C20H18F3N3O2. The number of methoxy groups -OCH3 is 1. The number of para-hydroxylation sites is 1. The summed E-state index contributed by atoms with van der Waals surface area (Å²) >= 11 is 0. The third-order valence-corrected chi connectivity index (χ3v) is 4.33. The van der Waals surface area contributed by atoms with Crippen LogP contribution >= 0.6 is 0 Å². The Morgan fingerprint density at radius 3 is 2.46 bits per heavy atom. The van der Waals surface area contributed by atoms with Crippen LogP contribution in [-0.4, -0.2) is 22.6 Å². The predicted molar refractivity (Wildman–Crippen MR) is 99.0 cm³/mol. The Kier molecular flexibility index (Phi) is 5.13. The molecule has 0 fully saturated rings. The molecule has 8 heteroatoms. The van der Waals surface area contributed by atoms with E-state index in [9.17, 15) is 18.0 Å². The molecule has 0 unspecified atom stereocenters. The first-order chi connectivity index (χ1) is 13.2. The average Bonchev–Trinajstić information content (AvgIpc) is 2.96. The van der Waals surface area contributed by atoms with E-state index in [4.69, 9.17) is 4.74 Å². The quantitative estimate of drug-likeness (QED) is 0.699. The number of benzene rings is 1.